The predicted molar refractivity (Wildman–Crippen MR) is 57.8 cm³/mol. The van der Waals surface area contributed by atoms with Crippen molar-refractivity contribution >= 4 is 0 Å². The highest BCUT2D eigenvalue weighted by Gasteiger charge is 2.41. The summed E-state index contributed by atoms with van der Waals surface area (Å²) in [5, 5.41) is 4.61. The van der Waals surface area contributed by atoms with Crippen LogP contribution in [-0.4, -0.2) is 33.8 Å². The quantitative estimate of drug-likeness (QED) is 0.708. The molecule has 1 aromatic rings. The number of aromatic amines is 2. The van der Waals surface area contributed by atoms with E-state index in [1.54, 1.807) is 0 Å². The molecule has 3 rings (SSSR count). The molecule has 0 bridgehead atoms. The van der Waals surface area contributed by atoms with Crippen molar-refractivity contribution in [3.63, 3.8) is 0 Å². The molecule has 7 nitrogen and oxygen atoms in total. The first-order valence-corrected chi connectivity index (χ1v) is 5.87. The van der Waals surface area contributed by atoms with Gasteiger partial charge in [-0.25, -0.2) is 24.4 Å². The average molecular weight is 241 g/mol. The van der Waals surface area contributed by atoms with Crippen LogP contribution in [0.1, 0.15) is 31.7 Å². The summed E-state index contributed by atoms with van der Waals surface area (Å²) >= 11 is 0. The van der Waals surface area contributed by atoms with E-state index in [1.807, 2.05) is 0 Å². The maximum atomic E-state index is 11.5. The molecule has 0 atom stereocenters. The number of hydrogen-bond donors (Lipinski definition) is 2. The fourth-order valence-corrected chi connectivity index (χ4v) is 2.74. The van der Waals surface area contributed by atoms with Gasteiger partial charge >= 0.3 is 11.4 Å². The van der Waals surface area contributed by atoms with E-state index in [4.69, 9.17) is 9.47 Å². The van der Waals surface area contributed by atoms with Gasteiger partial charge in [-0.15, -0.1) is 0 Å². The molecule has 1 aliphatic carbocycles. The van der Waals surface area contributed by atoms with Gasteiger partial charge in [0.2, 0.25) is 0 Å². The molecular weight excluding hydrogens is 226 g/mol. The molecule has 17 heavy (non-hydrogen) atoms. The van der Waals surface area contributed by atoms with Gasteiger partial charge in [0.05, 0.1) is 13.2 Å². The second-order valence-corrected chi connectivity index (χ2v) is 4.57. The number of nitrogens with one attached hydrogen (secondary N) is 2. The van der Waals surface area contributed by atoms with Crippen LogP contribution in [0.4, 0.5) is 0 Å². The van der Waals surface area contributed by atoms with E-state index in [0.717, 1.165) is 25.7 Å². The third kappa shape index (κ3) is 1.75. The Bertz CT molecular complexity index is 471. The summed E-state index contributed by atoms with van der Waals surface area (Å²) in [6, 6.07) is -0.0593. The van der Waals surface area contributed by atoms with Crippen LogP contribution >= 0.6 is 0 Å². The van der Waals surface area contributed by atoms with E-state index >= 15 is 0 Å². The Morgan fingerprint density at radius 2 is 1.59 bits per heavy atom. The lowest BCUT2D eigenvalue weighted by atomic mass is 9.90. The number of H-pyrrole nitrogens is 2. The van der Waals surface area contributed by atoms with E-state index in [-0.39, 0.29) is 17.4 Å². The topological polar surface area (TPSA) is 89.1 Å². The first-order valence-electron chi connectivity index (χ1n) is 5.87. The van der Waals surface area contributed by atoms with Crippen LogP contribution in [0.3, 0.4) is 0 Å². The lowest BCUT2D eigenvalue weighted by Crippen LogP contribution is -2.40. The van der Waals surface area contributed by atoms with E-state index in [9.17, 15) is 9.59 Å². The highest BCUT2D eigenvalue weighted by Crippen LogP contribution is 2.39. The second kappa shape index (κ2) is 3.85. The standard InChI is InChI=1S/C10H15N3O4/c14-8-11-12-9(15)13(8)7-1-3-10(4-2-7)16-5-6-17-10/h7H,1-6H2,(H,11,14)(H,12,15). The SMILES string of the molecule is O=c1[nH][nH]c(=O)n1C1CCC2(CC1)OCCO2. The van der Waals surface area contributed by atoms with Crippen molar-refractivity contribution in [1.82, 2.24) is 14.8 Å². The van der Waals surface area contributed by atoms with Crippen LogP contribution in [0.2, 0.25) is 0 Å². The van der Waals surface area contributed by atoms with E-state index in [1.165, 1.54) is 4.57 Å². The fourth-order valence-electron chi connectivity index (χ4n) is 2.74. The normalized spacial score (nSPS) is 24.5. The summed E-state index contributed by atoms with van der Waals surface area (Å²) in [6.07, 6.45) is 2.91. The lowest BCUT2D eigenvalue weighted by molar-refractivity contribution is -0.181. The maximum Gasteiger partial charge on any atom is 0.344 e. The van der Waals surface area contributed by atoms with Crippen LogP contribution in [0.5, 0.6) is 0 Å². The number of hydrogen-bond acceptors (Lipinski definition) is 4. The van der Waals surface area contributed by atoms with Crippen molar-refractivity contribution in [1.29, 1.82) is 0 Å². The molecule has 1 aromatic heterocycles. The maximum absolute atomic E-state index is 11.5. The third-order valence-electron chi connectivity index (χ3n) is 3.61. The number of aromatic nitrogens is 3. The van der Waals surface area contributed by atoms with Gasteiger partial charge in [-0.1, -0.05) is 0 Å². The number of ether oxygens (including phenoxy) is 2. The zero-order valence-corrected chi connectivity index (χ0v) is 9.40. The molecule has 94 valence electrons. The molecule has 7 heteroatoms. The van der Waals surface area contributed by atoms with Gasteiger partial charge < -0.3 is 9.47 Å². The second-order valence-electron chi connectivity index (χ2n) is 4.57. The first-order chi connectivity index (χ1) is 8.20. The van der Waals surface area contributed by atoms with Crippen molar-refractivity contribution in [2.75, 3.05) is 13.2 Å². The summed E-state index contributed by atoms with van der Waals surface area (Å²) in [5.41, 5.74) is -0.742. The summed E-state index contributed by atoms with van der Waals surface area (Å²) in [6.45, 7) is 1.27. The Morgan fingerprint density at radius 3 is 2.12 bits per heavy atom. The highest BCUT2D eigenvalue weighted by atomic mass is 16.7. The van der Waals surface area contributed by atoms with Gasteiger partial charge in [-0.05, 0) is 12.8 Å². The van der Waals surface area contributed by atoms with Crippen LogP contribution in [0, 0.1) is 0 Å². The molecule has 1 spiro atoms. The predicted octanol–water partition coefficient (Wildman–Crippen LogP) is -0.277. The molecule has 1 saturated carbocycles. The summed E-state index contributed by atoms with van der Waals surface area (Å²) < 4.78 is 12.5. The Kier molecular flexibility index (Phi) is 2.44. The third-order valence-corrected chi connectivity index (χ3v) is 3.61. The van der Waals surface area contributed by atoms with Crippen molar-refractivity contribution in [2.24, 2.45) is 0 Å². The van der Waals surface area contributed by atoms with Crippen LogP contribution in [-0.2, 0) is 9.47 Å². The van der Waals surface area contributed by atoms with Crippen molar-refractivity contribution in [2.45, 2.75) is 37.5 Å². The minimum Gasteiger partial charge on any atom is -0.348 e. The molecule has 1 aliphatic heterocycles. The smallest absolute Gasteiger partial charge is 0.344 e. The Labute approximate surface area is 96.7 Å². The lowest BCUT2D eigenvalue weighted by Gasteiger charge is -2.35. The van der Waals surface area contributed by atoms with E-state index in [2.05, 4.69) is 10.2 Å². The van der Waals surface area contributed by atoms with Crippen LogP contribution in [0.25, 0.3) is 0 Å². The molecule has 2 heterocycles. The van der Waals surface area contributed by atoms with Crippen LogP contribution < -0.4 is 11.4 Å². The molecule has 0 amide bonds. The number of nitrogens with zero attached hydrogens (tertiary/aromatic N) is 1. The van der Waals surface area contributed by atoms with Gasteiger partial charge in [-0.2, -0.15) is 0 Å². The molecule has 2 fully saturated rings. The van der Waals surface area contributed by atoms with Crippen molar-refractivity contribution < 1.29 is 9.47 Å². The molecule has 0 unspecified atom stereocenters. The van der Waals surface area contributed by atoms with Crippen molar-refractivity contribution in [3.05, 3.63) is 21.0 Å². The Morgan fingerprint density at radius 1 is 1.06 bits per heavy atom. The molecule has 0 radical (unpaired) electrons. The van der Waals surface area contributed by atoms with Gasteiger partial charge in [0.25, 0.3) is 0 Å². The molecule has 0 aromatic carbocycles. The van der Waals surface area contributed by atoms with Crippen molar-refractivity contribution in [3.8, 4) is 0 Å². The minimum absolute atomic E-state index is 0.0593. The molecule has 2 N–H and O–H groups in total. The molecule has 1 saturated heterocycles. The first kappa shape index (κ1) is 10.8. The monoisotopic (exact) mass is 241 g/mol. The Balaban J connectivity index is 1.77. The van der Waals surface area contributed by atoms with E-state index < -0.39 is 5.79 Å². The summed E-state index contributed by atoms with van der Waals surface area (Å²) in [5.74, 6) is -0.455. The summed E-state index contributed by atoms with van der Waals surface area (Å²) in [7, 11) is 0. The van der Waals surface area contributed by atoms with Gasteiger partial charge in [0.1, 0.15) is 0 Å². The Hall–Kier alpha value is -1.34. The largest absolute Gasteiger partial charge is 0.348 e. The zero-order chi connectivity index (χ0) is 11.9. The average Bonchev–Trinajstić information content (AvgIpc) is 2.90. The highest BCUT2D eigenvalue weighted by molar-refractivity contribution is 4.86. The number of rotatable bonds is 1. The molecule has 2 aliphatic rings. The van der Waals surface area contributed by atoms with Crippen LogP contribution in [0.15, 0.2) is 9.59 Å². The van der Waals surface area contributed by atoms with Gasteiger partial charge in [0, 0.05) is 18.9 Å². The summed E-state index contributed by atoms with van der Waals surface area (Å²) in [4.78, 5) is 22.9. The molecular formula is C10H15N3O4. The van der Waals surface area contributed by atoms with Gasteiger partial charge in [-0.3, -0.25) is 0 Å². The zero-order valence-electron chi connectivity index (χ0n) is 9.40. The van der Waals surface area contributed by atoms with Gasteiger partial charge in [0.15, 0.2) is 5.79 Å². The minimum atomic E-state index is -0.455. The van der Waals surface area contributed by atoms with E-state index in [0.29, 0.717) is 13.2 Å². The fraction of sp³-hybridized carbons (Fsp3) is 0.800.